The molecule has 0 fully saturated rings. The first kappa shape index (κ1) is 20.7. The normalized spacial score (nSPS) is 11.1. The third-order valence-corrected chi connectivity index (χ3v) is 3.22. The Morgan fingerprint density at radius 3 is 2.12 bits per heavy atom. The van der Waals surface area contributed by atoms with E-state index in [1.54, 1.807) is 20.8 Å². The first-order valence-electron chi connectivity index (χ1n) is 7.93. The number of hydrogen-bond donors (Lipinski definition) is 2. The summed E-state index contributed by atoms with van der Waals surface area (Å²) in [5, 5.41) is 18.4. The van der Waals surface area contributed by atoms with E-state index >= 15 is 0 Å². The Kier molecular flexibility index (Phi) is 7.63. The summed E-state index contributed by atoms with van der Waals surface area (Å²) < 4.78 is 18.2. The second kappa shape index (κ2) is 9.22. The Balaban J connectivity index is 2.70. The molecule has 0 spiro atoms. The van der Waals surface area contributed by atoms with Gasteiger partial charge in [-0.05, 0) is 38.5 Å². The Labute approximate surface area is 146 Å². The maximum atomic E-state index is 12.9. The van der Waals surface area contributed by atoms with Gasteiger partial charge >= 0.3 is 12.2 Å². The number of hydrogen-bond acceptors (Lipinski definition) is 4. The molecule has 140 valence electrons. The minimum atomic E-state index is -1.16. The van der Waals surface area contributed by atoms with Crippen molar-refractivity contribution >= 4 is 12.2 Å². The van der Waals surface area contributed by atoms with Gasteiger partial charge in [-0.25, -0.2) is 14.0 Å². The zero-order chi connectivity index (χ0) is 19.0. The summed E-state index contributed by atoms with van der Waals surface area (Å²) in [5.74, 6) is -0.398. The second-order valence-corrected chi connectivity index (χ2v) is 6.52. The summed E-state index contributed by atoms with van der Waals surface area (Å²) >= 11 is 0. The van der Waals surface area contributed by atoms with Crippen molar-refractivity contribution in [3.8, 4) is 0 Å². The van der Waals surface area contributed by atoms with E-state index < -0.39 is 23.6 Å². The topological polar surface area (TPSA) is 90.3 Å². The molecular weight excluding hydrogens is 331 g/mol. The average Bonchev–Trinajstić information content (AvgIpc) is 2.49. The smallest absolute Gasteiger partial charge is 0.410 e. The van der Waals surface area contributed by atoms with Crippen molar-refractivity contribution in [2.24, 2.45) is 0 Å². The Bertz CT molecular complexity index is 571. The molecule has 0 aliphatic heterocycles. The van der Waals surface area contributed by atoms with Crippen LogP contribution in [0.1, 0.15) is 26.3 Å². The fraction of sp³-hybridized carbons (Fsp3) is 0.529. The lowest BCUT2D eigenvalue weighted by Gasteiger charge is -2.28. The number of carbonyl (C=O) groups excluding carboxylic acids is 1. The highest BCUT2D eigenvalue weighted by Gasteiger charge is 2.23. The average molecular weight is 356 g/mol. The predicted octanol–water partition coefficient (Wildman–Crippen LogP) is 2.54. The van der Waals surface area contributed by atoms with Gasteiger partial charge < -0.3 is 24.7 Å². The van der Waals surface area contributed by atoms with Crippen LogP contribution in [0.4, 0.5) is 14.0 Å². The summed E-state index contributed by atoms with van der Waals surface area (Å²) in [6.07, 6.45) is -1.77. The quantitative estimate of drug-likeness (QED) is 0.783. The van der Waals surface area contributed by atoms with Crippen molar-refractivity contribution in [3.63, 3.8) is 0 Å². The molecule has 0 unspecified atom stereocenters. The van der Waals surface area contributed by atoms with E-state index in [-0.39, 0.29) is 32.8 Å². The van der Waals surface area contributed by atoms with Gasteiger partial charge in [-0.2, -0.15) is 0 Å². The van der Waals surface area contributed by atoms with Gasteiger partial charge in [-0.1, -0.05) is 12.1 Å². The number of ether oxygens (including phenoxy) is 1. The first-order valence-corrected chi connectivity index (χ1v) is 7.93. The molecule has 1 aromatic rings. The van der Waals surface area contributed by atoms with Crippen molar-refractivity contribution in [1.82, 2.24) is 9.80 Å². The molecule has 25 heavy (non-hydrogen) atoms. The molecule has 8 heteroatoms. The zero-order valence-electron chi connectivity index (χ0n) is 14.7. The van der Waals surface area contributed by atoms with Crippen LogP contribution in [0.3, 0.4) is 0 Å². The lowest BCUT2D eigenvalue weighted by Crippen LogP contribution is -2.43. The predicted molar refractivity (Wildman–Crippen MR) is 89.7 cm³/mol. The van der Waals surface area contributed by atoms with E-state index in [0.717, 1.165) is 4.90 Å². The Morgan fingerprint density at radius 2 is 1.64 bits per heavy atom. The number of amides is 2. The first-order chi connectivity index (χ1) is 11.6. The third-order valence-electron chi connectivity index (χ3n) is 3.22. The number of aliphatic hydroxyl groups excluding tert-OH is 1. The van der Waals surface area contributed by atoms with Crippen LogP contribution in [0.2, 0.25) is 0 Å². The number of benzene rings is 1. The summed E-state index contributed by atoms with van der Waals surface area (Å²) in [6.45, 7) is 5.12. The van der Waals surface area contributed by atoms with Crippen molar-refractivity contribution in [2.75, 3.05) is 26.2 Å². The highest BCUT2D eigenvalue weighted by atomic mass is 19.1. The standard InChI is InChI=1S/C17H25FN2O5/c1-17(2,3)25-16(24)19(10-11-21)8-9-20(15(22)23)12-13-4-6-14(18)7-5-13/h4-7,21H,8-12H2,1-3H3,(H,22,23). The molecule has 0 heterocycles. The maximum absolute atomic E-state index is 12.9. The van der Waals surface area contributed by atoms with Crippen LogP contribution in [0.15, 0.2) is 24.3 Å². The monoisotopic (exact) mass is 356 g/mol. The van der Waals surface area contributed by atoms with Gasteiger partial charge in [-0.15, -0.1) is 0 Å². The van der Waals surface area contributed by atoms with Crippen molar-refractivity contribution < 1.29 is 28.9 Å². The molecule has 0 aromatic heterocycles. The fourth-order valence-corrected chi connectivity index (χ4v) is 2.04. The minimum Gasteiger partial charge on any atom is -0.465 e. The summed E-state index contributed by atoms with van der Waals surface area (Å²) in [6, 6.07) is 5.53. The van der Waals surface area contributed by atoms with Gasteiger partial charge in [0.1, 0.15) is 11.4 Å². The van der Waals surface area contributed by atoms with Crippen LogP contribution in [-0.2, 0) is 11.3 Å². The molecule has 0 aliphatic rings. The molecule has 0 radical (unpaired) electrons. The summed E-state index contributed by atoms with van der Waals surface area (Å²) in [7, 11) is 0. The summed E-state index contributed by atoms with van der Waals surface area (Å²) in [5.41, 5.74) is -0.0550. The molecule has 0 atom stereocenters. The highest BCUT2D eigenvalue weighted by molar-refractivity contribution is 5.68. The second-order valence-electron chi connectivity index (χ2n) is 6.52. The van der Waals surface area contributed by atoms with Gasteiger partial charge in [0.05, 0.1) is 6.61 Å². The number of carbonyl (C=O) groups is 2. The van der Waals surface area contributed by atoms with E-state index in [0.29, 0.717) is 5.56 Å². The van der Waals surface area contributed by atoms with E-state index in [2.05, 4.69) is 0 Å². The number of aliphatic hydroxyl groups is 1. The van der Waals surface area contributed by atoms with Crippen LogP contribution in [0, 0.1) is 5.82 Å². The third kappa shape index (κ3) is 7.84. The number of halogens is 1. The van der Waals surface area contributed by atoms with Gasteiger partial charge in [0.15, 0.2) is 0 Å². The van der Waals surface area contributed by atoms with Crippen molar-refractivity contribution in [2.45, 2.75) is 32.9 Å². The molecule has 2 amide bonds. The summed E-state index contributed by atoms with van der Waals surface area (Å²) in [4.78, 5) is 25.9. The van der Waals surface area contributed by atoms with E-state index in [1.165, 1.54) is 29.2 Å². The lowest BCUT2D eigenvalue weighted by molar-refractivity contribution is 0.0199. The Hall–Kier alpha value is -2.35. The molecule has 1 rings (SSSR count). The van der Waals surface area contributed by atoms with Crippen LogP contribution >= 0.6 is 0 Å². The van der Waals surface area contributed by atoms with Gasteiger partial charge in [-0.3, -0.25) is 0 Å². The Morgan fingerprint density at radius 1 is 1.08 bits per heavy atom. The van der Waals surface area contributed by atoms with Gasteiger partial charge in [0, 0.05) is 26.2 Å². The highest BCUT2D eigenvalue weighted by Crippen LogP contribution is 2.11. The fourth-order valence-electron chi connectivity index (χ4n) is 2.04. The molecule has 0 saturated carbocycles. The van der Waals surface area contributed by atoms with Crippen LogP contribution < -0.4 is 0 Å². The van der Waals surface area contributed by atoms with Gasteiger partial charge in [0.2, 0.25) is 0 Å². The molecule has 0 bridgehead atoms. The number of carboxylic acid groups (broad SMARTS) is 1. The van der Waals surface area contributed by atoms with Crippen LogP contribution in [0.5, 0.6) is 0 Å². The van der Waals surface area contributed by atoms with E-state index in [4.69, 9.17) is 9.84 Å². The van der Waals surface area contributed by atoms with Crippen molar-refractivity contribution in [1.29, 1.82) is 0 Å². The molecule has 1 aromatic carbocycles. The molecular formula is C17H25FN2O5. The SMILES string of the molecule is CC(C)(C)OC(=O)N(CCO)CCN(Cc1ccc(F)cc1)C(=O)O. The lowest BCUT2D eigenvalue weighted by atomic mass is 10.2. The van der Waals surface area contributed by atoms with Crippen LogP contribution in [0.25, 0.3) is 0 Å². The maximum Gasteiger partial charge on any atom is 0.410 e. The molecule has 7 nitrogen and oxygen atoms in total. The van der Waals surface area contributed by atoms with Crippen molar-refractivity contribution in [3.05, 3.63) is 35.6 Å². The van der Waals surface area contributed by atoms with Gasteiger partial charge in [0.25, 0.3) is 0 Å². The minimum absolute atomic E-state index is 0.0337. The largest absolute Gasteiger partial charge is 0.465 e. The number of rotatable bonds is 7. The van der Waals surface area contributed by atoms with E-state index in [9.17, 15) is 19.1 Å². The zero-order valence-corrected chi connectivity index (χ0v) is 14.7. The number of nitrogens with zero attached hydrogens (tertiary/aromatic N) is 2. The molecule has 0 saturated heterocycles. The van der Waals surface area contributed by atoms with Crippen LogP contribution in [-0.4, -0.2) is 64.0 Å². The molecule has 2 N–H and O–H groups in total. The van der Waals surface area contributed by atoms with E-state index in [1.807, 2.05) is 0 Å². The molecule has 0 aliphatic carbocycles.